The van der Waals surface area contributed by atoms with Crippen LogP contribution in [0.25, 0.3) is 0 Å². The maximum Gasteiger partial charge on any atom is 0.242 e. The van der Waals surface area contributed by atoms with Gasteiger partial charge in [0, 0.05) is 17.2 Å². The Balaban J connectivity index is 2.35. The Bertz CT molecular complexity index is 394. The van der Waals surface area contributed by atoms with Crippen LogP contribution in [0.3, 0.4) is 0 Å². The fraction of sp³-hybridized carbons (Fsp3) is 0.333. The molecule has 0 saturated carbocycles. The van der Waals surface area contributed by atoms with E-state index in [0.29, 0.717) is 24.7 Å². The molecule has 0 bridgehead atoms. The summed E-state index contributed by atoms with van der Waals surface area (Å²) in [5.74, 6) is -0.179. The van der Waals surface area contributed by atoms with Crippen LogP contribution in [-0.4, -0.2) is 25.3 Å². The first kappa shape index (κ1) is 13.7. The molecule has 0 aliphatic carbocycles. The Morgan fingerprint density at radius 3 is 3.00 bits per heavy atom. The van der Waals surface area contributed by atoms with Gasteiger partial charge in [-0.2, -0.15) is 5.10 Å². The van der Waals surface area contributed by atoms with E-state index in [1.54, 1.807) is 6.07 Å². The Kier molecular flexibility index (Phi) is 6.29. The zero-order valence-electron chi connectivity index (χ0n) is 9.65. The number of hydrazone groups is 1. The second-order valence-corrected chi connectivity index (χ2v) is 3.67. The predicted molar refractivity (Wildman–Crippen MR) is 68.3 cm³/mol. The molecule has 0 atom stereocenters. The van der Waals surface area contributed by atoms with Crippen molar-refractivity contribution in [3.63, 3.8) is 0 Å². The molecule has 0 radical (unpaired) electrons. The van der Waals surface area contributed by atoms with Crippen molar-refractivity contribution in [1.82, 2.24) is 5.43 Å². The standard InChI is InChI=1S/C12H15ClN2O2/c1-2-17-8-7-12(16)15-14-9-10-5-3-4-6-11(10)13/h3-6,9H,2,7-8H2,1H3,(H,15,16)/b14-9+. The van der Waals surface area contributed by atoms with Crippen molar-refractivity contribution in [3.8, 4) is 0 Å². The Morgan fingerprint density at radius 2 is 2.29 bits per heavy atom. The van der Waals surface area contributed by atoms with Crippen molar-refractivity contribution in [2.45, 2.75) is 13.3 Å². The van der Waals surface area contributed by atoms with Crippen molar-refractivity contribution in [2.24, 2.45) is 5.10 Å². The van der Waals surface area contributed by atoms with Gasteiger partial charge in [-0.15, -0.1) is 0 Å². The molecule has 5 heteroatoms. The summed E-state index contributed by atoms with van der Waals surface area (Å²) in [6, 6.07) is 7.27. The molecule has 0 aliphatic heterocycles. The van der Waals surface area contributed by atoms with Gasteiger partial charge in [0.15, 0.2) is 0 Å². The highest BCUT2D eigenvalue weighted by atomic mass is 35.5. The molecule has 1 amide bonds. The number of hydrogen-bond donors (Lipinski definition) is 1. The van der Waals surface area contributed by atoms with Gasteiger partial charge in [-0.05, 0) is 13.0 Å². The fourth-order valence-corrected chi connectivity index (χ4v) is 1.30. The van der Waals surface area contributed by atoms with Crippen LogP contribution in [0, 0.1) is 0 Å². The molecule has 4 nitrogen and oxygen atoms in total. The Morgan fingerprint density at radius 1 is 1.53 bits per heavy atom. The van der Waals surface area contributed by atoms with Gasteiger partial charge in [-0.3, -0.25) is 4.79 Å². The fourth-order valence-electron chi connectivity index (χ4n) is 1.12. The van der Waals surface area contributed by atoms with Crippen LogP contribution >= 0.6 is 11.6 Å². The molecular formula is C12H15ClN2O2. The topological polar surface area (TPSA) is 50.7 Å². The molecule has 92 valence electrons. The lowest BCUT2D eigenvalue weighted by molar-refractivity contribution is -0.122. The van der Waals surface area contributed by atoms with Crippen molar-refractivity contribution < 1.29 is 9.53 Å². The number of ether oxygens (including phenoxy) is 1. The molecule has 0 unspecified atom stereocenters. The van der Waals surface area contributed by atoms with Crippen molar-refractivity contribution in [3.05, 3.63) is 34.9 Å². The summed E-state index contributed by atoms with van der Waals surface area (Å²) in [6.07, 6.45) is 1.81. The van der Waals surface area contributed by atoms with E-state index in [4.69, 9.17) is 16.3 Å². The number of carbonyl (C=O) groups is 1. The van der Waals surface area contributed by atoms with Crippen LogP contribution in [0.15, 0.2) is 29.4 Å². The van der Waals surface area contributed by atoms with E-state index in [-0.39, 0.29) is 5.91 Å². The SMILES string of the molecule is CCOCCC(=O)N/N=C/c1ccccc1Cl. The second kappa shape index (κ2) is 7.81. The van der Waals surface area contributed by atoms with Crippen LogP contribution in [0.4, 0.5) is 0 Å². The van der Waals surface area contributed by atoms with E-state index >= 15 is 0 Å². The van der Waals surface area contributed by atoms with E-state index in [2.05, 4.69) is 10.5 Å². The molecule has 1 aromatic carbocycles. The molecular weight excluding hydrogens is 240 g/mol. The summed E-state index contributed by atoms with van der Waals surface area (Å²) < 4.78 is 5.05. The zero-order chi connectivity index (χ0) is 12.5. The summed E-state index contributed by atoms with van der Waals surface area (Å²) in [7, 11) is 0. The smallest absolute Gasteiger partial charge is 0.242 e. The monoisotopic (exact) mass is 254 g/mol. The normalized spacial score (nSPS) is 10.7. The number of halogens is 1. The number of amides is 1. The average Bonchev–Trinajstić information content (AvgIpc) is 2.32. The summed E-state index contributed by atoms with van der Waals surface area (Å²) in [5.41, 5.74) is 3.17. The van der Waals surface area contributed by atoms with E-state index in [0.717, 1.165) is 5.56 Å². The number of nitrogens with one attached hydrogen (secondary N) is 1. The average molecular weight is 255 g/mol. The van der Waals surface area contributed by atoms with Crippen LogP contribution < -0.4 is 5.43 Å². The second-order valence-electron chi connectivity index (χ2n) is 3.26. The highest BCUT2D eigenvalue weighted by Gasteiger charge is 1.98. The Labute approximate surface area is 106 Å². The molecule has 1 N–H and O–H groups in total. The summed E-state index contributed by atoms with van der Waals surface area (Å²) >= 11 is 5.92. The summed E-state index contributed by atoms with van der Waals surface area (Å²) in [4.78, 5) is 11.3. The summed E-state index contributed by atoms with van der Waals surface area (Å²) in [6.45, 7) is 2.90. The minimum absolute atomic E-state index is 0.179. The van der Waals surface area contributed by atoms with E-state index < -0.39 is 0 Å². The lowest BCUT2D eigenvalue weighted by Gasteiger charge is -2.00. The molecule has 17 heavy (non-hydrogen) atoms. The number of nitrogens with zero attached hydrogens (tertiary/aromatic N) is 1. The first-order valence-corrected chi connectivity index (χ1v) is 5.76. The van der Waals surface area contributed by atoms with Gasteiger partial charge in [-0.1, -0.05) is 29.8 Å². The first-order valence-electron chi connectivity index (χ1n) is 5.38. The third kappa shape index (κ3) is 5.47. The quantitative estimate of drug-likeness (QED) is 0.481. The summed E-state index contributed by atoms with van der Waals surface area (Å²) in [5, 5.41) is 4.41. The van der Waals surface area contributed by atoms with Gasteiger partial charge >= 0.3 is 0 Å². The third-order valence-electron chi connectivity index (χ3n) is 1.98. The maximum absolute atomic E-state index is 11.3. The molecule has 0 saturated heterocycles. The van der Waals surface area contributed by atoms with Gasteiger partial charge in [0.1, 0.15) is 0 Å². The van der Waals surface area contributed by atoms with Crippen LogP contribution in [0.5, 0.6) is 0 Å². The van der Waals surface area contributed by atoms with Gasteiger partial charge in [0.2, 0.25) is 5.91 Å². The third-order valence-corrected chi connectivity index (χ3v) is 2.32. The van der Waals surface area contributed by atoms with Gasteiger partial charge in [0.25, 0.3) is 0 Å². The van der Waals surface area contributed by atoms with Crippen LogP contribution in [0.2, 0.25) is 5.02 Å². The van der Waals surface area contributed by atoms with E-state index in [9.17, 15) is 4.79 Å². The van der Waals surface area contributed by atoms with Crippen LogP contribution in [-0.2, 0) is 9.53 Å². The molecule has 1 aromatic rings. The Hall–Kier alpha value is -1.39. The highest BCUT2D eigenvalue weighted by molar-refractivity contribution is 6.33. The number of hydrogen-bond acceptors (Lipinski definition) is 3. The van der Waals surface area contributed by atoms with Gasteiger partial charge in [0.05, 0.1) is 19.2 Å². The largest absolute Gasteiger partial charge is 0.381 e. The predicted octanol–water partition coefficient (Wildman–Crippen LogP) is 2.22. The van der Waals surface area contributed by atoms with Crippen molar-refractivity contribution in [1.29, 1.82) is 0 Å². The minimum Gasteiger partial charge on any atom is -0.381 e. The molecule has 0 heterocycles. The van der Waals surface area contributed by atoms with Crippen molar-refractivity contribution >= 4 is 23.7 Å². The molecule has 0 fully saturated rings. The van der Waals surface area contributed by atoms with Crippen LogP contribution in [0.1, 0.15) is 18.9 Å². The number of rotatable bonds is 6. The molecule has 0 aliphatic rings. The lowest BCUT2D eigenvalue weighted by atomic mass is 10.2. The van der Waals surface area contributed by atoms with E-state index in [1.807, 2.05) is 25.1 Å². The maximum atomic E-state index is 11.3. The van der Waals surface area contributed by atoms with Crippen molar-refractivity contribution in [2.75, 3.05) is 13.2 Å². The van der Waals surface area contributed by atoms with E-state index in [1.165, 1.54) is 6.21 Å². The highest BCUT2D eigenvalue weighted by Crippen LogP contribution is 2.11. The lowest BCUT2D eigenvalue weighted by Crippen LogP contribution is -2.19. The van der Waals surface area contributed by atoms with Gasteiger partial charge in [-0.25, -0.2) is 5.43 Å². The first-order chi connectivity index (χ1) is 8.24. The molecule has 1 rings (SSSR count). The minimum atomic E-state index is -0.179. The molecule has 0 aromatic heterocycles. The van der Waals surface area contributed by atoms with Gasteiger partial charge < -0.3 is 4.74 Å². The molecule has 0 spiro atoms. The number of benzene rings is 1. The number of carbonyl (C=O) groups excluding carboxylic acids is 1. The zero-order valence-corrected chi connectivity index (χ0v) is 10.4.